The monoisotopic (exact) mass is 2030 g/mol. The largest absolute Gasteiger partial charge is 0.509 e. The van der Waals surface area contributed by atoms with Crippen molar-refractivity contribution in [1.29, 1.82) is 0 Å². The SMILES string of the molecule is CC[C@@H](C)[C@@H]1NC(=O)[C@H](NC(=O)[C@H](CC(C)C)N(C)C(=O)[C@H]2CCCN2C(=O)[C@@H](C)OC(=O)OCCSSC[C@H](CC(=O)[C@H](Cc2ccccc2)NC(=O)[C@H](CC(=O)O)CC(=O)CC[C@H](NC(=O)CC[C@@H](NC(=S)N[C@H](CCC(=O)O)OC=O)C(=O)O)C(=O)O)C(=O)O)[C@H](C)OC(=O)[C@@H](Cc2ccc(C)cc2)N(C)C(=O)[C@H]2CCCN2C(=O)C(CC(C)C)NC(=O)[C@H](C)C(=O)[C@@H](C(C)C)OC(=O)C[C@H]1O. The Morgan fingerprint density at radius 3 is 1.93 bits per heavy atom. The van der Waals surface area contributed by atoms with Crippen LogP contribution in [0.25, 0.3) is 0 Å². The van der Waals surface area contributed by atoms with Crippen molar-refractivity contribution < 1.29 is 155 Å². The molecule has 2 aromatic carbocycles. The zero-order valence-electron chi connectivity index (χ0n) is 81.3. The van der Waals surface area contributed by atoms with Gasteiger partial charge in [-0.15, -0.1) is 0 Å². The molecule has 3 aliphatic rings. The van der Waals surface area contributed by atoms with Gasteiger partial charge in [-0.05, 0) is 132 Å². The Morgan fingerprint density at radius 1 is 0.686 bits per heavy atom. The summed E-state index contributed by atoms with van der Waals surface area (Å²) < 4.78 is 27.4. The summed E-state index contributed by atoms with van der Waals surface area (Å²) in [6, 6.07) is 0.454. The molecule has 3 fully saturated rings. The number of carbonyl (C=O) groups excluding carboxylic acids is 16. The molecule has 19 atom stereocenters. The smallest absolute Gasteiger partial charge is 0.481 e. The molecule has 0 radical (unpaired) electrons. The zero-order chi connectivity index (χ0) is 105. The summed E-state index contributed by atoms with van der Waals surface area (Å²) >= 11 is 5.05. The standard InChI is InChI=1S/C94H135N11O32S3/c1-15-53(9)77-71(109)46-76(115)137-80(51(6)7)79(116)54(10)81(117)97-65(39-49(2)3)86(122)105-36-20-24-67(105)88(124)103(14)69(42-58-27-25-52(8)26-28-58)92(131)135-55(11)78(84(120)100-77)101-83(119)68(40-50(4)5)102(13)87(123)66-23-19-35-104(66)85(121)56(12)136-94(132)133-37-38-139-140-47-60(89(125)126)44-70(108)64(41-57-21-17-16-18-22-57)96-82(118)59(45-75(113)114)43-61(107)29-30-62(90(127)128)95-72(110)32-31-63(91(129)130)98-93(138)99-73(134-48-106)33-34-74(111)112/h16-18,21-22,25-28,48-51,53-56,59-60,62-69,71,73,77-78,80,109H,15,19-20,23-24,29-47H2,1-14H3,(H,95,110)(H,96,118)(H,97,117)(H,100,120)(H,101,119)(H,111,112)(H,113,114)(H,125,126)(H,127,128)(H,129,130)(H2,98,99,138)/t53-,54-,55+,56-,59+,60+,62+,63-,64+,65?,66-,67-,68+,69-,71-,73+,77+,78-,80-/m1/s1. The second-order valence-corrected chi connectivity index (χ2v) is 39.6. The van der Waals surface area contributed by atoms with Crippen molar-refractivity contribution in [3.8, 4) is 0 Å². The van der Waals surface area contributed by atoms with E-state index in [1.54, 1.807) is 96.1 Å². The fourth-order valence-corrected chi connectivity index (χ4v) is 18.5. The maximum atomic E-state index is 15.4. The summed E-state index contributed by atoms with van der Waals surface area (Å²) in [6.45, 7) is 19.1. The van der Waals surface area contributed by atoms with E-state index >= 15 is 24.0 Å². The number of benzene rings is 2. The molecule has 3 aliphatic heterocycles. The molecule has 43 nitrogen and oxygen atoms in total. The fraction of sp³-hybridized carbons (Fsp3) is 0.638. The van der Waals surface area contributed by atoms with E-state index in [1.807, 2.05) is 20.8 Å². The molecular weight excluding hydrogens is 1890 g/mol. The number of ether oxygens (including phenoxy) is 5. The molecule has 3 heterocycles. The molecule has 0 aromatic heterocycles. The van der Waals surface area contributed by atoms with Crippen molar-refractivity contribution >= 4 is 164 Å². The molecule has 13 N–H and O–H groups in total. The van der Waals surface area contributed by atoms with Crippen LogP contribution in [0.15, 0.2) is 54.6 Å². The van der Waals surface area contributed by atoms with Crippen molar-refractivity contribution in [2.24, 2.45) is 41.4 Å². The predicted molar refractivity (Wildman–Crippen MR) is 508 cm³/mol. The van der Waals surface area contributed by atoms with E-state index in [9.17, 15) is 102 Å². The Labute approximate surface area is 825 Å². The lowest BCUT2D eigenvalue weighted by molar-refractivity contribution is -0.163. The van der Waals surface area contributed by atoms with Gasteiger partial charge in [0, 0.05) is 77.2 Å². The predicted octanol–water partition coefficient (Wildman–Crippen LogP) is 4.01. The molecule has 3 saturated heterocycles. The van der Waals surface area contributed by atoms with Gasteiger partial charge in [-0.1, -0.05) is 144 Å². The van der Waals surface area contributed by atoms with Crippen LogP contribution in [0.2, 0.25) is 0 Å². The maximum Gasteiger partial charge on any atom is 0.509 e. The van der Waals surface area contributed by atoms with Crippen LogP contribution in [-0.4, -0.2) is 317 Å². The summed E-state index contributed by atoms with van der Waals surface area (Å²) in [7, 11) is 4.65. The van der Waals surface area contributed by atoms with Crippen LogP contribution < -0.4 is 37.2 Å². The Kier molecular flexibility index (Phi) is 49.4. The first kappa shape index (κ1) is 119. The van der Waals surface area contributed by atoms with Crippen molar-refractivity contribution in [3.63, 3.8) is 0 Å². The van der Waals surface area contributed by atoms with Crippen molar-refractivity contribution in [3.05, 3.63) is 71.3 Å². The van der Waals surface area contributed by atoms with E-state index in [0.717, 1.165) is 37.0 Å². The third kappa shape index (κ3) is 38.2. The van der Waals surface area contributed by atoms with Crippen LogP contribution in [0.3, 0.4) is 0 Å². The number of thiocarbonyl (C=S) groups is 1. The number of carbonyl (C=O) groups is 21. The summed E-state index contributed by atoms with van der Waals surface area (Å²) in [5.74, 6) is -26.7. The summed E-state index contributed by atoms with van der Waals surface area (Å²) in [5.41, 5.74) is 1.91. The number of ketones is 3. The van der Waals surface area contributed by atoms with Crippen LogP contribution in [0.4, 0.5) is 4.79 Å². The number of amides is 9. The van der Waals surface area contributed by atoms with E-state index < -0.39 is 302 Å². The number of aliphatic carboxylic acids is 5. The summed E-state index contributed by atoms with van der Waals surface area (Å²) in [5, 5.41) is 78.2. The van der Waals surface area contributed by atoms with Gasteiger partial charge in [-0.2, -0.15) is 0 Å². The molecule has 140 heavy (non-hydrogen) atoms. The number of aliphatic hydroxyl groups is 1. The molecule has 5 rings (SSSR count). The van der Waals surface area contributed by atoms with E-state index in [2.05, 4.69) is 37.2 Å². The molecule has 0 saturated carbocycles. The number of nitrogens with one attached hydrogen (secondary N) is 7. The number of rotatable bonds is 49. The van der Waals surface area contributed by atoms with Gasteiger partial charge in [0.2, 0.25) is 47.3 Å². The van der Waals surface area contributed by atoms with Crippen LogP contribution >= 0.6 is 33.8 Å². The number of Topliss-reactive ketones (excluding diaryl/α,β-unsaturated/α-hetero) is 3. The van der Waals surface area contributed by atoms with Gasteiger partial charge >= 0.3 is 47.9 Å². The van der Waals surface area contributed by atoms with Gasteiger partial charge in [0.15, 0.2) is 35.1 Å². The number of nitrogens with zero attached hydrogens (tertiary/aromatic N) is 4. The number of hydrogen-bond acceptors (Lipinski definition) is 30. The Morgan fingerprint density at radius 2 is 1.33 bits per heavy atom. The second kappa shape index (κ2) is 58.3. The molecule has 776 valence electrons. The quantitative estimate of drug-likeness (QED) is 0.00650. The Bertz CT molecular complexity index is 4680. The average molecular weight is 2030 g/mol. The van der Waals surface area contributed by atoms with Crippen LogP contribution in [0.5, 0.6) is 0 Å². The van der Waals surface area contributed by atoms with Crippen LogP contribution in [0.1, 0.15) is 202 Å². The lowest BCUT2D eigenvalue weighted by Gasteiger charge is -2.36. The third-order valence-electron chi connectivity index (χ3n) is 24.2. The maximum absolute atomic E-state index is 15.4. The molecule has 0 spiro atoms. The number of fused-ring (bicyclic) bond motifs is 1. The minimum Gasteiger partial charge on any atom is -0.481 e. The number of aliphatic hydroxyl groups excluding tert-OH is 1. The first-order chi connectivity index (χ1) is 65.9. The van der Waals surface area contributed by atoms with Crippen molar-refractivity contribution in [2.75, 3.05) is 45.3 Å². The van der Waals surface area contributed by atoms with Crippen molar-refractivity contribution in [1.82, 2.24) is 56.8 Å². The fourth-order valence-electron chi connectivity index (χ4n) is 16.1. The first-order valence-corrected chi connectivity index (χ1v) is 49.5. The molecule has 0 bridgehead atoms. The number of likely N-dealkylation sites (N-methyl/N-ethyl adjacent to an activating group) is 2. The van der Waals surface area contributed by atoms with E-state index in [4.69, 9.17) is 41.0 Å². The Hall–Kier alpha value is -11.9. The van der Waals surface area contributed by atoms with E-state index in [1.165, 1.54) is 44.7 Å². The van der Waals surface area contributed by atoms with Gasteiger partial charge in [-0.3, -0.25) is 81.5 Å². The lowest BCUT2D eigenvalue weighted by Crippen LogP contribution is -2.62. The van der Waals surface area contributed by atoms with Crippen LogP contribution in [0, 0.1) is 48.3 Å². The van der Waals surface area contributed by atoms with Gasteiger partial charge < -0.3 is 111 Å². The topological polar surface area (TPSA) is 623 Å². The lowest BCUT2D eigenvalue weighted by atomic mass is 9.91. The number of hydrogen-bond donors (Lipinski definition) is 13. The van der Waals surface area contributed by atoms with Gasteiger partial charge in [0.1, 0.15) is 66.8 Å². The number of esters is 2. The number of aryl methyl sites for hydroxylation is 1. The van der Waals surface area contributed by atoms with E-state index in [-0.39, 0.29) is 107 Å². The summed E-state index contributed by atoms with van der Waals surface area (Å²) in [4.78, 5) is 292. The highest BCUT2D eigenvalue weighted by molar-refractivity contribution is 8.76. The van der Waals surface area contributed by atoms with Crippen molar-refractivity contribution in [2.45, 2.75) is 296 Å². The highest BCUT2D eigenvalue weighted by Crippen LogP contribution is 2.31. The average Bonchev–Trinajstić information content (AvgIpc) is 1.60. The molecule has 1 unspecified atom stereocenters. The number of carboxylic acid groups (broad SMARTS) is 5. The molecule has 9 amide bonds. The normalized spacial score (nSPS) is 21.7. The number of cyclic esters (lactones) is 2. The third-order valence-corrected chi connectivity index (χ3v) is 26.9. The molecular formula is C94H135N11O32S3. The second-order valence-electron chi connectivity index (χ2n) is 36.6. The minimum atomic E-state index is -1.90. The highest BCUT2D eigenvalue weighted by atomic mass is 33.1. The Balaban J connectivity index is 1.28. The van der Waals surface area contributed by atoms with Gasteiger partial charge in [0.25, 0.3) is 12.4 Å². The number of likely N-dealkylation sites (tertiary alicyclic amines) is 1. The molecule has 0 aliphatic carbocycles. The summed E-state index contributed by atoms with van der Waals surface area (Å²) in [6.07, 6.45) is -14.9. The van der Waals surface area contributed by atoms with E-state index in [0.29, 0.717) is 17.5 Å². The highest BCUT2D eigenvalue weighted by Gasteiger charge is 2.48. The zero-order valence-corrected chi connectivity index (χ0v) is 83.7. The minimum absolute atomic E-state index is 0.00299. The number of carboxylic acids is 5. The van der Waals surface area contributed by atoms with Gasteiger partial charge in [0.05, 0.1) is 55.2 Å². The van der Waals surface area contributed by atoms with Crippen LogP contribution in [-0.2, 0) is 132 Å². The molecule has 2 aromatic rings. The molecule has 46 heteroatoms. The first-order valence-electron chi connectivity index (χ1n) is 46.6. The van der Waals surface area contributed by atoms with Gasteiger partial charge in [-0.25, -0.2) is 19.2 Å².